The fourth-order valence-corrected chi connectivity index (χ4v) is 3.51. The molecule has 0 aromatic heterocycles. The molecule has 3 aromatic rings. The summed E-state index contributed by atoms with van der Waals surface area (Å²) in [4.78, 5) is 12.2. The largest absolute Gasteiger partial charge is 0.490 e. The Balaban J connectivity index is 1.67. The van der Waals surface area contributed by atoms with E-state index in [1.807, 2.05) is 49.4 Å². The molecule has 3 aromatic carbocycles. The molecule has 0 fully saturated rings. The summed E-state index contributed by atoms with van der Waals surface area (Å²) in [6, 6.07) is 18.4. The van der Waals surface area contributed by atoms with Crippen LogP contribution in [0.1, 0.15) is 12.5 Å². The van der Waals surface area contributed by atoms with E-state index in [-0.39, 0.29) is 12.5 Å². The van der Waals surface area contributed by atoms with Gasteiger partial charge in [-0.2, -0.15) is 0 Å². The lowest BCUT2D eigenvalue weighted by Crippen LogP contribution is -2.20. The van der Waals surface area contributed by atoms with Crippen LogP contribution in [0.2, 0.25) is 10.0 Å². The summed E-state index contributed by atoms with van der Waals surface area (Å²) in [5.74, 6) is 0.526. The zero-order valence-corrected chi connectivity index (χ0v) is 19.9. The van der Waals surface area contributed by atoms with Gasteiger partial charge >= 0.3 is 0 Å². The standard InChI is InChI=1S/C23H21BrCl2N2O3/c1-2-30-21-11-15(13-27-17-8-9-18(24)19(25)12-17)10-20(26)23(21)31-14-22(29)28-16-6-4-3-5-7-16/h3-12,27H,2,13-14H2,1H3,(H,28,29). The van der Waals surface area contributed by atoms with Crippen LogP contribution in [0.3, 0.4) is 0 Å². The van der Waals surface area contributed by atoms with Crippen LogP contribution in [-0.4, -0.2) is 19.1 Å². The molecule has 0 atom stereocenters. The van der Waals surface area contributed by atoms with Crippen molar-refractivity contribution in [2.75, 3.05) is 23.8 Å². The number of amides is 1. The third-order valence-corrected chi connectivity index (χ3v) is 5.70. The van der Waals surface area contributed by atoms with Gasteiger partial charge in [0.05, 0.1) is 16.7 Å². The Morgan fingerprint density at radius 3 is 2.45 bits per heavy atom. The van der Waals surface area contributed by atoms with Crippen molar-refractivity contribution in [2.45, 2.75) is 13.5 Å². The summed E-state index contributed by atoms with van der Waals surface area (Å²) >= 11 is 16.0. The molecule has 0 aliphatic rings. The van der Waals surface area contributed by atoms with Gasteiger partial charge in [-0.25, -0.2) is 0 Å². The SMILES string of the molecule is CCOc1cc(CNc2ccc(Br)c(Cl)c2)cc(Cl)c1OCC(=O)Nc1ccccc1. The monoisotopic (exact) mass is 522 g/mol. The van der Waals surface area contributed by atoms with E-state index >= 15 is 0 Å². The average Bonchev–Trinajstić information content (AvgIpc) is 2.75. The van der Waals surface area contributed by atoms with E-state index in [4.69, 9.17) is 32.7 Å². The molecular formula is C23H21BrCl2N2O3. The second-order valence-electron chi connectivity index (χ2n) is 6.52. The van der Waals surface area contributed by atoms with Crippen molar-refractivity contribution in [2.24, 2.45) is 0 Å². The van der Waals surface area contributed by atoms with Crippen LogP contribution < -0.4 is 20.1 Å². The topological polar surface area (TPSA) is 59.6 Å². The Morgan fingerprint density at radius 2 is 1.74 bits per heavy atom. The van der Waals surface area contributed by atoms with Gasteiger partial charge in [0.25, 0.3) is 5.91 Å². The molecule has 0 heterocycles. The van der Waals surface area contributed by atoms with E-state index in [0.717, 1.165) is 15.7 Å². The molecule has 0 saturated heterocycles. The van der Waals surface area contributed by atoms with Crippen LogP contribution in [0.25, 0.3) is 0 Å². The fourth-order valence-electron chi connectivity index (χ4n) is 2.79. The molecule has 3 rings (SSSR count). The van der Waals surface area contributed by atoms with E-state index < -0.39 is 0 Å². The van der Waals surface area contributed by atoms with Crippen molar-refractivity contribution in [1.82, 2.24) is 0 Å². The minimum absolute atomic E-state index is 0.191. The third kappa shape index (κ3) is 6.79. The highest BCUT2D eigenvalue weighted by molar-refractivity contribution is 9.10. The Kier molecular flexibility index (Phi) is 8.46. The molecule has 31 heavy (non-hydrogen) atoms. The summed E-state index contributed by atoms with van der Waals surface area (Å²) < 4.78 is 12.2. The van der Waals surface area contributed by atoms with E-state index in [1.165, 1.54) is 0 Å². The lowest BCUT2D eigenvalue weighted by molar-refractivity contribution is -0.118. The Labute approximate surface area is 199 Å². The molecule has 162 valence electrons. The van der Waals surface area contributed by atoms with Gasteiger partial charge in [0.15, 0.2) is 18.1 Å². The average molecular weight is 524 g/mol. The van der Waals surface area contributed by atoms with E-state index in [9.17, 15) is 4.79 Å². The number of benzene rings is 3. The van der Waals surface area contributed by atoms with E-state index in [2.05, 4.69) is 26.6 Å². The van der Waals surface area contributed by atoms with Crippen LogP contribution in [-0.2, 0) is 11.3 Å². The van der Waals surface area contributed by atoms with Gasteiger partial charge in [0.2, 0.25) is 0 Å². The first-order chi connectivity index (χ1) is 15.0. The molecule has 0 aliphatic carbocycles. The number of para-hydroxylation sites is 1. The highest BCUT2D eigenvalue weighted by atomic mass is 79.9. The Hall–Kier alpha value is -2.41. The maximum absolute atomic E-state index is 12.2. The third-order valence-electron chi connectivity index (χ3n) is 4.19. The highest BCUT2D eigenvalue weighted by Gasteiger charge is 2.15. The molecule has 0 radical (unpaired) electrons. The number of nitrogens with one attached hydrogen (secondary N) is 2. The number of hydrogen-bond donors (Lipinski definition) is 2. The van der Waals surface area contributed by atoms with Gasteiger partial charge in [0.1, 0.15) is 0 Å². The number of rotatable bonds is 9. The van der Waals surface area contributed by atoms with Gasteiger partial charge in [-0.1, -0.05) is 41.4 Å². The maximum Gasteiger partial charge on any atom is 0.262 e. The van der Waals surface area contributed by atoms with Crippen molar-refractivity contribution in [3.8, 4) is 11.5 Å². The van der Waals surface area contributed by atoms with Crippen molar-refractivity contribution in [3.63, 3.8) is 0 Å². The molecule has 0 unspecified atom stereocenters. The Bertz CT molecular complexity index is 1050. The molecule has 5 nitrogen and oxygen atoms in total. The van der Waals surface area contributed by atoms with Crippen LogP contribution in [0, 0.1) is 0 Å². The number of halogens is 3. The fraction of sp³-hybridized carbons (Fsp3) is 0.174. The van der Waals surface area contributed by atoms with Crippen LogP contribution in [0.15, 0.2) is 65.1 Å². The van der Waals surface area contributed by atoms with Crippen molar-refractivity contribution >= 4 is 56.4 Å². The van der Waals surface area contributed by atoms with Crippen molar-refractivity contribution < 1.29 is 14.3 Å². The van der Waals surface area contributed by atoms with Gasteiger partial charge in [0, 0.05) is 22.4 Å². The quantitative estimate of drug-likeness (QED) is 0.324. The predicted octanol–water partition coefficient (Wildman–Crippen LogP) is 6.78. The highest BCUT2D eigenvalue weighted by Crippen LogP contribution is 2.37. The molecule has 2 N–H and O–H groups in total. The molecule has 0 bridgehead atoms. The first-order valence-corrected chi connectivity index (χ1v) is 11.1. The Morgan fingerprint density at radius 1 is 0.968 bits per heavy atom. The van der Waals surface area contributed by atoms with Crippen molar-refractivity contribution in [1.29, 1.82) is 0 Å². The van der Waals surface area contributed by atoms with Gasteiger partial charge in [-0.3, -0.25) is 4.79 Å². The normalized spacial score (nSPS) is 10.5. The first-order valence-electron chi connectivity index (χ1n) is 9.58. The zero-order valence-electron chi connectivity index (χ0n) is 16.8. The number of carbonyl (C=O) groups is 1. The zero-order chi connectivity index (χ0) is 22.2. The summed E-state index contributed by atoms with van der Waals surface area (Å²) in [5, 5.41) is 7.05. The molecule has 0 spiro atoms. The number of anilines is 2. The molecule has 0 aliphatic heterocycles. The van der Waals surface area contributed by atoms with Crippen molar-refractivity contribution in [3.05, 3.63) is 80.7 Å². The second kappa shape index (κ2) is 11.3. The molecule has 0 saturated carbocycles. The lowest BCUT2D eigenvalue weighted by Gasteiger charge is -2.16. The number of carbonyl (C=O) groups excluding carboxylic acids is 1. The van der Waals surface area contributed by atoms with Gasteiger partial charge < -0.3 is 20.1 Å². The van der Waals surface area contributed by atoms with Crippen LogP contribution >= 0.6 is 39.1 Å². The van der Waals surface area contributed by atoms with Crippen LogP contribution in [0.5, 0.6) is 11.5 Å². The maximum atomic E-state index is 12.2. The van der Waals surface area contributed by atoms with E-state index in [1.54, 1.807) is 18.2 Å². The van der Waals surface area contributed by atoms with Gasteiger partial charge in [-0.15, -0.1) is 0 Å². The predicted molar refractivity (Wildman–Crippen MR) is 130 cm³/mol. The summed E-state index contributed by atoms with van der Waals surface area (Å²) in [6.45, 7) is 2.62. The molecular weight excluding hydrogens is 503 g/mol. The van der Waals surface area contributed by atoms with E-state index in [0.29, 0.717) is 40.4 Å². The minimum Gasteiger partial charge on any atom is -0.490 e. The summed E-state index contributed by atoms with van der Waals surface area (Å²) in [5.41, 5.74) is 2.47. The summed E-state index contributed by atoms with van der Waals surface area (Å²) in [7, 11) is 0. The van der Waals surface area contributed by atoms with Gasteiger partial charge in [-0.05, 0) is 70.9 Å². The minimum atomic E-state index is -0.289. The number of ether oxygens (including phenoxy) is 2. The molecule has 1 amide bonds. The van der Waals surface area contributed by atoms with Crippen LogP contribution in [0.4, 0.5) is 11.4 Å². The lowest BCUT2D eigenvalue weighted by atomic mass is 10.2. The number of hydrogen-bond acceptors (Lipinski definition) is 4. The molecule has 8 heteroatoms. The second-order valence-corrected chi connectivity index (χ2v) is 8.19. The smallest absolute Gasteiger partial charge is 0.262 e. The summed E-state index contributed by atoms with van der Waals surface area (Å²) in [6.07, 6.45) is 0. The first kappa shape index (κ1) is 23.3.